The Morgan fingerprint density at radius 1 is 1.43 bits per heavy atom. The maximum Gasteiger partial charge on any atom is 0.273 e. The minimum Gasteiger partial charge on any atom is -0.359 e. The highest BCUT2D eigenvalue weighted by molar-refractivity contribution is 5.93. The van der Waals surface area contributed by atoms with E-state index < -0.39 is 0 Å². The van der Waals surface area contributed by atoms with Gasteiger partial charge in [0.15, 0.2) is 11.5 Å². The first-order chi connectivity index (χ1) is 11.1. The topological polar surface area (TPSA) is 85.8 Å². The van der Waals surface area contributed by atoms with Crippen LogP contribution in [0.2, 0.25) is 0 Å². The number of hydrogen-bond acceptors (Lipinski definition) is 5. The lowest BCUT2D eigenvalue weighted by molar-refractivity contribution is 0.0948. The van der Waals surface area contributed by atoms with E-state index >= 15 is 0 Å². The third-order valence-electron chi connectivity index (χ3n) is 4.05. The lowest BCUT2D eigenvalue weighted by Crippen LogP contribution is -2.26. The van der Waals surface area contributed by atoms with Gasteiger partial charge in [0, 0.05) is 12.6 Å². The van der Waals surface area contributed by atoms with E-state index in [4.69, 9.17) is 4.52 Å². The Morgan fingerprint density at radius 2 is 2.30 bits per heavy atom. The fourth-order valence-electron chi connectivity index (χ4n) is 2.74. The number of aryl methyl sites for hydroxylation is 1. The molecule has 122 valence electrons. The quantitative estimate of drug-likeness (QED) is 0.826. The molecule has 1 N–H and O–H groups in total. The van der Waals surface area contributed by atoms with Crippen molar-refractivity contribution in [1.29, 1.82) is 0 Å². The minimum absolute atomic E-state index is 0.180. The van der Waals surface area contributed by atoms with Gasteiger partial charge in [-0.15, -0.1) is 5.10 Å². The lowest BCUT2D eigenvalue weighted by atomic mass is 10.1. The van der Waals surface area contributed by atoms with Gasteiger partial charge in [0.05, 0.1) is 11.4 Å². The monoisotopic (exact) mass is 315 g/mol. The van der Waals surface area contributed by atoms with Gasteiger partial charge in [0.2, 0.25) is 0 Å². The second-order valence-electron chi connectivity index (χ2n) is 5.88. The van der Waals surface area contributed by atoms with E-state index in [1.807, 2.05) is 19.9 Å². The number of rotatable bonds is 6. The molecular weight excluding hydrogens is 294 g/mol. The van der Waals surface area contributed by atoms with E-state index in [1.165, 1.54) is 12.0 Å². The van der Waals surface area contributed by atoms with E-state index in [2.05, 4.69) is 26.9 Å². The molecule has 0 bridgehead atoms. The second-order valence-corrected chi connectivity index (χ2v) is 5.88. The molecule has 0 fully saturated rings. The molecule has 7 heteroatoms. The van der Waals surface area contributed by atoms with Crippen molar-refractivity contribution >= 4 is 5.91 Å². The van der Waals surface area contributed by atoms with Gasteiger partial charge in [-0.3, -0.25) is 4.79 Å². The predicted molar refractivity (Wildman–Crippen MR) is 84.0 cm³/mol. The average Bonchev–Trinajstić information content (AvgIpc) is 3.24. The molecule has 23 heavy (non-hydrogen) atoms. The van der Waals surface area contributed by atoms with Gasteiger partial charge < -0.3 is 9.84 Å². The maximum absolute atomic E-state index is 12.2. The molecule has 1 aliphatic carbocycles. The molecule has 0 radical (unpaired) electrons. The smallest absolute Gasteiger partial charge is 0.273 e. The van der Waals surface area contributed by atoms with Crippen molar-refractivity contribution in [2.45, 2.75) is 46.1 Å². The van der Waals surface area contributed by atoms with Crippen LogP contribution in [0.25, 0.3) is 0 Å². The van der Waals surface area contributed by atoms with Gasteiger partial charge in [-0.2, -0.15) is 0 Å². The zero-order valence-corrected chi connectivity index (χ0v) is 13.5. The Morgan fingerprint density at radius 3 is 3.00 bits per heavy atom. The van der Waals surface area contributed by atoms with Crippen molar-refractivity contribution in [3.63, 3.8) is 0 Å². The average molecular weight is 315 g/mol. The summed E-state index contributed by atoms with van der Waals surface area (Å²) in [7, 11) is 0. The number of hydrogen-bond donors (Lipinski definition) is 1. The van der Waals surface area contributed by atoms with Crippen LogP contribution < -0.4 is 5.32 Å². The summed E-state index contributed by atoms with van der Waals surface area (Å²) in [5.74, 6) is 0.511. The van der Waals surface area contributed by atoms with Gasteiger partial charge >= 0.3 is 0 Å². The van der Waals surface area contributed by atoms with Gasteiger partial charge in [-0.05, 0) is 39.5 Å². The number of carbonyl (C=O) groups is 1. The largest absolute Gasteiger partial charge is 0.359 e. The minimum atomic E-state index is -0.180. The zero-order valence-electron chi connectivity index (χ0n) is 13.5. The molecule has 1 amide bonds. The molecule has 0 spiro atoms. The Kier molecular flexibility index (Phi) is 4.55. The van der Waals surface area contributed by atoms with Crippen LogP contribution in [0.4, 0.5) is 0 Å². The number of aromatic nitrogens is 4. The first-order valence-electron chi connectivity index (χ1n) is 7.92. The highest BCUT2D eigenvalue weighted by Gasteiger charge is 2.17. The van der Waals surface area contributed by atoms with E-state index in [0.29, 0.717) is 24.5 Å². The molecule has 0 aliphatic heterocycles. The number of carbonyl (C=O) groups excluding carboxylic acids is 1. The Bertz CT molecular complexity index is 729. The summed E-state index contributed by atoms with van der Waals surface area (Å²) in [6.45, 7) is 4.75. The molecule has 0 unspecified atom stereocenters. The SMILES string of the molecule is Cc1cc(Cn2nnc(C(=O)NCCC3=CCCC3)c2C)on1. The summed E-state index contributed by atoms with van der Waals surface area (Å²) >= 11 is 0. The van der Waals surface area contributed by atoms with Gasteiger partial charge in [0.25, 0.3) is 5.91 Å². The van der Waals surface area contributed by atoms with Crippen LogP contribution in [0.5, 0.6) is 0 Å². The zero-order chi connectivity index (χ0) is 16.2. The van der Waals surface area contributed by atoms with Crippen LogP contribution in [0, 0.1) is 13.8 Å². The predicted octanol–water partition coefficient (Wildman–Crippen LogP) is 2.16. The number of allylic oxidation sites excluding steroid dienone is 1. The molecule has 3 rings (SSSR count). The lowest BCUT2D eigenvalue weighted by Gasteiger charge is -2.05. The molecule has 2 aromatic heterocycles. The summed E-state index contributed by atoms with van der Waals surface area (Å²) in [5.41, 5.74) is 3.33. The van der Waals surface area contributed by atoms with Crippen molar-refractivity contribution in [1.82, 2.24) is 25.5 Å². The molecule has 0 aromatic carbocycles. The van der Waals surface area contributed by atoms with Crippen LogP contribution >= 0.6 is 0 Å². The summed E-state index contributed by atoms with van der Waals surface area (Å²) < 4.78 is 6.82. The molecule has 2 heterocycles. The van der Waals surface area contributed by atoms with Gasteiger partial charge in [0.1, 0.15) is 6.54 Å². The first-order valence-corrected chi connectivity index (χ1v) is 7.92. The highest BCUT2D eigenvalue weighted by atomic mass is 16.5. The number of nitrogens with one attached hydrogen (secondary N) is 1. The van der Waals surface area contributed by atoms with Gasteiger partial charge in [-0.25, -0.2) is 4.68 Å². The summed E-state index contributed by atoms with van der Waals surface area (Å²) in [4.78, 5) is 12.2. The van der Waals surface area contributed by atoms with E-state index in [9.17, 15) is 4.79 Å². The summed E-state index contributed by atoms with van der Waals surface area (Å²) in [5, 5.41) is 14.8. The van der Waals surface area contributed by atoms with E-state index in [1.54, 1.807) is 4.68 Å². The Labute approximate surface area is 134 Å². The summed E-state index contributed by atoms with van der Waals surface area (Å²) in [6, 6.07) is 1.84. The normalized spacial score (nSPS) is 14.1. The van der Waals surface area contributed by atoms with Crippen LogP contribution in [0.1, 0.15) is 53.3 Å². The highest BCUT2D eigenvalue weighted by Crippen LogP contribution is 2.19. The van der Waals surface area contributed by atoms with Crippen LogP contribution in [-0.2, 0) is 6.54 Å². The fourth-order valence-corrected chi connectivity index (χ4v) is 2.74. The van der Waals surface area contributed by atoms with E-state index in [0.717, 1.165) is 30.7 Å². The molecular formula is C16H21N5O2. The van der Waals surface area contributed by atoms with E-state index in [-0.39, 0.29) is 5.91 Å². The van der Waals surface area contributed by atoms with Crippen molar-refractivity contribution < 1.29 is 9.32 Å². The third-order valence-corrected chi connectivity index (χ3v) is 4.05. The molecule has 0 saturated carbocycles. The Hall–Kier alpha value is -2.44. The molecule has 1 aliphatic rings. The summed E-state index contributed by atoms with van der Waals surface area (Å²) in [6.07, 6.45) is 6.74. The standard InChI is InChI=1S/C16H21N5O2/c1-11-9-14(23-19-11)10-21-12(2)15(18-20-21)16(22)17-8-7-13-5-3-4-6-13/h5,9H,3-4,6-8,10H2,1-2H3,(H,17,22). The molecule has 2 aromatic rings. The van der Waals surface area contributed by atoms with Crippen LogP contribution in [0.15, 0.2) is 22.2 Å². The molecule has 7 nitrogen and oxygen atoms in total. The van der Waals surface area contributed by atoms with Crippen molar-refractivity contribution in [2.75, 3.05) is 6.54 Å². The number of amides is 1. The van der Waals surface area contributed by atoms with Crippen LogP contribution in [0.3, 0.4) is 0 Å². The van der Waals surface area contributed by atoms with Crippen molar-refractivity contribution in [3.8, 4) is 0 Å². The fraction of sp³-hybridized carbons (Fsp3) is 0.500. The first kappa shape index (κ1) is 15.5. The third kappa shape index (κ3) is 3.67. The van der Waals surface area contributed by atoms with Crippen LogP contribution in [-0.4, -0.2) is 32.6 Å². The van der Waals surface area contributed by atoms with Crippen molar-refractivity contribution in [3.05, 3.63) is 40.6 Å². The maximum atomic E-state index is 12.2. The number of nitrogens with zero attached hydrogens (tertiary/aromatic N) is 4. The van der Waals surface area contributed by atoms with Crippen molar-refractivity contribution in [2.24, 2.45) is 0 Å². The molecule has 0 atom stereocenters. The Balaban J connectivity index is 1.58. The second kappa shape index (κ2) is 6.76. The molecule has 0 saturated heterocycles. The van der Waals surface area contributed by atoms with Gasteiger partial charge in [-0.1, -0.05) is 22.0 Å².